The van der Waals surface area contributed by atoms with Gasteiger partial charge >= 0.3 is 0 Å². The lowest BCUT2D eigenvalue weighted by Gasteiger charge is -2.35. The van der Waals surface area contributed by atoms with Crippen molar-refractivity contribution in [3.05, 3.63) is 70.8 Å². The van der Waals surface area contributed by atoms with E-state index in [9.17, 15) is 0 Å². The highest BCUT2D eigenvalue weighted by atomic mass is 14.7. The standard InChI is InChI=1S/C18H21N/c1-12(2)13-7-9-14(10-8-13)18(19)17-11-15-5-3-4-6-16(15)17/h3-10,12,17-18H,11,19H2,1-2H3. The van der Waals surface area contributed by atoms with Gasteiger partial charge < -0.3 is 5.73 Å². The quantitative estimate of drug-likeness (QED) is 0.871. The molecule has 0 heterocycles. The Morgan fingerprint density at radius 1 is 0.947 bits per heavy atom. The van der Waals surface area contributed by atoms with E-state index in [1.165, 1.54) is 22.3 Å². The molecule has 0 saturated heterocycles. The highest BCUT2D eigenvalue weighted by Crippen LogP contribution is 2.42. The molecule has 0 amide bonds. The second-order valence-corrected chi connectivity index (χ2v) is 5.86. The third kappa shape index (κ3) is 2.19. The van der Waals surface area contributed by atoms with Crippen LogP contribution in [-0.4, -0.2) is 0 Å². The molecule has 2 atom stereocenters. The van der Waals surface area contributed by atoms with Crippen molar-refractivity contribution in [1.29, 1.82) is 0 Å². The number of rotatable bonds is 3. The highest BCUT2D eigenvalue weighted by molar-refractivity contribution is 5.43. The van der Waals surface area contributed by atoms with Crippen molar-refractivity contribution in [3.63, 3.8) is 0 Å². The van der Waals surface area contributed by atoms with Gasteiger partial charge in [-0.2, -0.15) is 0 Å². The summed E-state index contributed by atoms with van der Waals surface area (Å²) in [4.78, 5) is 0. The van der Waals surface area contributed by atoms with Crippen LogP contribution in [0.15, 0.2) is 48.5 Å². The van der Waals surface area contributed by atoms with Gasteiger partial charge in [0, 0.05) is 12.0 Å². The van der Waals surface area contributed by atoms with Crippen molar-refractivity contribution in [3.8, 4) is 0 Å². The Hall–Kier alpha value is -1.60. The molecule has 0 spiro atoms. The van der Waals surface area contributed by atoms with Crippen molar-refractivity contribution < 1.29 is 0 Å². The number of hydrogen-bond acceptors (Lipinski definition) is 1. The molecular formula is C18H21N. The predicted octanol–water partition coefficient (Wildman–Crippen LogP) is 4.15. The molecular weight excluding hydrogens is 230 g/mol. The Kier molecular flexibility index (Phi) is 3.16. The van der Waals surface area contributed by atoms with E-state index in [1.807, 2.05) is 0 Å². The molecule has 2 aromatic carbocycles. The molecule has 2 aromatic rings. The minimum absolute atomic E-state index is 0.121. The largest absolute Gasteiger partial charge is 0.323 e. The van der Waals surface area contributed by atoms with Gasteiger partial charge in [-0.15, -0.1) is 0 Å². The smallest absolute Gasteiger partial charge is 0.0367 e. The first-order valence-corrected chi connectivity index (χ1v) is 7.10. The third-order valence-corrected chi connectivity index (χ3v) is 4.32. The van der Waals surface area contributed by atoms with Gasteiger partial charge in [-0.3, -0.25) is 0 Å². The molecule has 2 N–H and O–H groups in total. The molecule has 0 bridgehead atoms. The summed E-state index contributed by atoms with van der Waals surface area (Å²) in [6, 6.07) is 17.6. The van der Waals surface area contributed by atoms with Crippen LogP contribution in [-0.2, 0) is 6.42 Å². The first-order valence-electron chi connectivity index (χ1n) is 7.10. The Morgan fingerprint density at radius 3 is 2.21 bits per heavy atom. The van der Waals surface area contributed by atoms with E-state index in [-0.39, 0.29) is 6.04 Å². The van der Waals surface area contributed by atoms with Crippen molar-refractivity contribution in [1.82, 2.24) is 0 Å². The molecule has 98 valence electrons. The maximum atomic E-state index is 6.44. The van der Waals surface area contributed by atoms with Crippen molar-refractivity contribution in [2.75, 3.05) is 0 Å². The van der Waals surface area contributed by atoms with Crippen LogP contribution in [0.1, 0.15) is 54.0 Å². The Bertz CT molecular complexity index is 568. The fourth-order valence-electron chi connectivity index (χ4n) is 2.95. The first-order chi connectivity index (χ1) is 9.16. The summed E-state index contributed by atoms with van der Waals surface area (Å²) in [6.07, 6.45) is 1.11. The molecule has 1 aliphatic carbocycles. The number of fused-ring (bicyclic) bond motifs is 1. The number of hydrogen-bond donors (Lipinski definition) is 1. The summed E-state index contributed by atoms with van der Waals surface area (Å²) in [5, 5.41) is 0. The fraction of sp³-hybridized carbons (Fsp3) is 0.333. The summed E-state index contributed by atoms with van der Waals surface area (Å²) < 4.78 is 0. The van der Waals surface area contributed by atoms with E-state index in [4.69, 9.17) is 5.73 Å². The summed E-state index contributed by atoms with van der Waals surface area (Å²) >= 11 is 0. The van der Waals surface area contributed by atoms with E-state index >= 15 is 0 Å². The van der Waals surface area contributed by atoms with Gasteiger partial charge in [0.05, 0.1) is 0 Å². The monoisotopic (exact) mass is 251 g/mol. The lowest BCUT2D eigenvalue weighted by Crippen LogP contribution is -2.28. The molecule has 0 saturated carbocycles. The van der Waals surface area contributed by atoms with Crippen molar-refractivity contribution >= 4 is 0 Å². The summed E-state index contributed by atoms with van der Waals surface area (Å²) in [7, 11) is 0. The fourth-order valence-corrected chi connectivity index (χ4v) is 2.95. The van der Waals surface area contributed by atoms with Crippen LogP contribution < -0.4 is 5.73 Å². The molecule has 0 fully saturated rings. The van der Waals surface area contributed by atoms with Gasteiger partial charge in [-0.25, -0.2) is 0 Å². The zero-order valence-corrected chi connectivity index (χ0v) is 11.6. The van der Waals surface area contributed by atoms with E-state index in [0.717, 1.165) is 6.42 Å². The van der Waals surface area contributed by atoms with Crippen molar-refractivity contribution in [2.45, 2.75) is 38.1 Å². The van der Waals surface area contributed by atoms with E-state index in [0.29, 0.717) is 11.8 Å². The van der Waals surface area contributed by atoms with Crippen molar-refractivity contribution in [2.24, 2.45) is 5.73 Å². The van der Waals surface area contributed by atoms with Gasteiger partial charge in [0.2, 0.25) is 0 Å². The van der Waals surface area contributed by atoms with Crippen LogP contribution in [0.4, 0.5) is 0 Å². The SMILES string of the molecule is CC(C)c1ccc(C(N)C2Cc3ccccc32)cc1. The maximum absolute atomic E-state index is 6.44. The van der Waals surface area contributed by atoms with Crippen LogP contribution in [0, 0.1) is 0 Å². The molecule has 1 nitrogen and oxygen atoms in total. The average molecular weight is 251 g/mol. The average Bonchev–Trinajstić information content (AvgIpc) is 2.40. The molecule has 0 aliphatic heterocycles. The number of benzene rings is 2. The zero-order valence-electron chi connectivity index (χ0n) is 11.6. The van der Waals surface area contributed by atoms with Gasteiger partial charge in [-0.05, 0) is 34.6 Å². The lowest BCUT2D eigenvalue weighted by molar-refractivity contribution is 0.500. The minimum atomic E-state index is 0.121. The van der Waals surface area contributed by atoms with Crippen LogP contribution in [0.2, 0.25) is 0 Å². The van der Waals surface area contributed by atoms with Crippen LogP contribution in [0.25, 0.3) is 0 Å². The molecule has 1 heteroatoms. The van der Waals surface area contributed by atoms with Gasteiger partial charge in [0.15, 0.2) is 0 Å². The van der Waals surface area contributed by atoms with E-state index < -0.39 is 0 Å². The molecule has 2 unspecified atom stereocenters. The van der Waals surface area contributed by atoms with Gasteiger partial charge in [0.1, 0.15) is 0 Å². The van der Waals surface area contributed by atoms with Gasteiger partial charge in [-0.1, -0.05) is 62.4 Å². The maximum Gasteiger partial charge on any atom is 0.0367 e. The first kappa shape index (κ1) is 12.4. The Labute approximate surface area is 115 Å². The second kappa shape index (κ2) is 4.82. The van der Waals surface area contributed by atoms with E-state index in [2.05, 4.69) is 62.4 Å². The topological polar surface area (TPSA) is 26.0 Å². The minimum Gasteiger partial charge on any atom is -0.323 e. The molecule has 1 aliphatic rings. The molecule has 19 heavy (non-hydrogen) atoms. The van der Waals surface area contributed by atoms with Crippen LogP contribution >= 0.6 is 0 Å². The second-order valence-electron chi connectivity index (χ2n) is 5.86. The summed E-state index contributed by atoms with van der Waals surface area (Å²) in [6.45, 7) is 4.44. The molecule has 3 rings (SSSR count). The zero-order chi connectivity index (χ0) is 13.4. The predicted molar refractivity (Wildman–Crippen MR) is 80.3 cm³/mol. The summed E-state index contributed by atoms with van der Waals surface area (Å²) in [5.41, 5.74) is 12.0. The van der Waals surface area contributed by atoms with Crippen LogP contribution in [0.3, 0.4) is 0 Å². The van der Waals surface area contributed by atoms with E-state index in [1.54, 1.807) is 0 Å². The normalized spacial score (nSPS) is 18.8. The lowest BCUT2D eigenvalue weighted by atomic mass is 9.72. The summed E-state index contributed by atoms with van der Waals surface area (Å²) in [5.74, 6) is 1.07. The number of nitrogens with two attached hydrogens (primary N) is 1. The Morgan fingerprint density at radius 2 is 1.58 bits per heavy atom. The van der Waals surface area contributed by atoms with Gasteiger partial charge in [0.25, 0.3) is 0 Å². The highest BCUT2D eigenvalue weighted by Gasteiger charge is 2.31. The molecule has 0 radical (unpaired) electrons. The molecule has 0 aromatic heterocycles. The Balaban J connectivity index is 1.80. The van der Waals surface area contributed by atoms with Crippen LogP contribution in [0.5, 0.6) is 0 Å². The third-order valence-electron chi connectivity index (χ3n) is 4.32.